The summed E-state index contributed by atoms with van der Waals surface area (Å²) in [6, 6.07) is -1.18. The summed E-state index contributed by atoms with van der Waals surface area (Å²) in [5.74, 6) is -2.74. The summed E-state index contributed by atoms with van der Waals surface area (Å²) in [5, 5.41) is 17.6. The lowest BCUT2D eigenvalue weighted by molar-refractivity contribution is -0.162. The molecule has 0 aromatic carbocycles. The predicted molar refractivity (Wildman–Crippen MR) is 56.6 cm³/mol. The van der Waals surface area contributed by atoms with Crippen molar-refractivity contribution in [2.45, 2.75) is 38.8 Å². The highest BCUT2D eigenvalue weighted by molar-refractivity contribution is 5.77. The van der Waals surface area contributed by atoms with Crippen LogP contribution >= 0.6 is 0 Å². The Morgan fingerprint density at radius 3 is 2.19 bits per heavy atom. The van der Waals surface area contributed by atoms with Crippen LogP contribution in [0, 0.1) is 5.92 Å². The minimum Gasteiger partial charge on any atom is -0.480 e. The summed E-state index contributed by atoms with van der Waals surface area (Å²) in [7, 11) is 0. The molecule has 6 heteroatoms. The van der Waals surface area contributed by atoms with Crippen LogP contribution in [0.4, 0.5) is 0 Å². The van der Waals surface area contributed by atoms with E-state index in [4.69, 9.17) is 20.7 Å². The van der Waals surface area contributed by atoms with Crippen LogP contribution in [0.5, 0.6) is 0 Å². The van der Waals surface area contributed by atoms with Gasteiger partial charge in [-0.25, -0.2) is 0 Å². The molecule has 0 rings (SSSR count). The number of esters is 1. The lowest BCUT2D eigenvalue weighted by atomic mass is 10.0. The number of aliphatic hydroxyl groups is 1. The minimum absolute atomic E-state index is 0.138. The van der Waals surface area contributed by atoms with E-state index in [1.54, 1.807) is 20.8 Å². The van der Waals surface area contributed by atoms with E-state index in [2.05, 4.69) is 0 Å². The van der Waals surface area contributed by atoms with Gasteiger partial charge < -0.3 is 20.7 Å². The van der Waals surface area contributed by atoms with Gasteiger partial charge in [0.05, 0.1) is 12.5 Å². The van der Waals surface area contributed by atoms with Gasteiger partial charge in [0.1, 0.15) is 11.6 Å². The molecule has 0 saturated heterocycles. The van der Waals surface area contributed by atoms with Gasteiger partial charge in [-0.1, -0.05) is 0 Å². The zero-order valence-electron chi connectivity index (χ0n) is 9.77. The highest BCUT2D eigenvalue weighted by atomic mass is 16.6. The first-order valence-electron chi connectivity index (χ1n) is 4.99. The molecule has 0 aromatic heterocycles. The highest BCUT2D eigenvalue weighted by Gasteiger charge is 2.28. The van der Waals surface area contributed by atoms with Crippen molar-refractivity contribution in [2.24, 2.45) is 11.7 Å². The number of aliphatic carboxylic acids is 1. The molecular formula is C10H19NO5. The average Bonchev–Trinajstić information content (AvgIpc) is 2.10. The van der Waals surface area contributed by atoms with Gasteiger partial charge in [-0.15, -0.1) is 0 Å². The first-order chi connectivity index (χ1) is 7.17. The van der Waals surface area contributed by atoms with E-state index >= 15 is 0 Å². The Morgan fingerprint density at radius 2 is 1.88 bits per heavy atom. The van der Waals surface area contributed by atoms with Crippen molar-refractivity contribution in [3.63, 3.8) is 0 Å². The van der Waals surface area contributed by atoms with Gasteiger partial charge in [-0.3, -0.25) is 9.59 Å². The van der Waals surface area contributed by atoms with Crippen LogP contribution in [0.3, 0.4) is 0 Å². The van der Waals surface area contributed by atoms with E-state index in [0.29, 0.717) is 0 Å². The molecule has 0 aliphatic carbocycles. The SMILES string of the molecule is CC(C)(C)OC(=O)C(CO)C[C@H](N)C(=O)O. The van der Waals surface area contributed by atoms with Crippen molar-refractivity contribution in [2.75, 3.05) is 6.61 Å². The van der Waals surface area contributed by atoms with Crippen molar-refractivity contribution < 1.29 is 24.5 Å². The number of carboxylic acid groups (broad SMARTS) is 1. The second-order valence-electron chi connectivity index (χ2n) is 4.59. The van der Waals surface area contributed by atoms with Crippen molar-refractivity contribution in [1.82, 2.24) is 0 Å². The summed E-state index contributed by atoms with van der Waals surface area (Å²) in [6.07, 6.45) is -0.138. The molecule has 0 aromatic rings. The average molecular weight is 233 g/mol. The van der Waals surface area contributed by atoms with E-state index in [-0.39, 0.29) is 6.42 Å². The third kappa shape index (κ3) is 5.67. The summed E-state index contributed by atoms with van der Waals surface area (Å²) in [6.45, 7) is 4.60. The number of hydrogen-bond acceptors (Lipinski definition) is 5. The molecule has 0 heterocycles. The van der Waals surface area contributed by atoms with Crippen LogP contribution in [-0.4, -0.2) is 40.4 Å². The van der Waals surface area contributed by atoms with Gasteiger partial charge in [0.15, 0.2) is 0 Å². The van der Waals surface area contributed by atoms with Crippen LogP contribution in [0.15, 0.2) is 0 Å². The standard InChI is InChI=1S/C10H19NO5/c1-10(2,3)16-9(15)6(5-12)4-7(11)8(13)14/h6-7,12H,4-5,11H2,1-3H3,(H,13,14)/t6?,7-/m0/s1. The Balaban J connectivity index is 4.39. The normalized spacial score (nSPS) is 15.3. The van der Waals surface area contributed by atoms with Crippen molar-refractivity contribution in [1.29, 1.82) is 0 Å². The fourth-order valence-corrected chi connectivity index (χ4v) is 1.04. The molecule has 94 valence electrons. The molecule has 0 aliphatic heterocycles. The third-order valence-corrected chi connectivity index (χ3v) is 1.82. The van der Waals surface area contributed by atoms with E-state index < -0.39 is 36.1 Å². The zero-order chi connectivity index (χ0) is 12.9. The molecule has 4 N–H and O–H groups in total. The lowest BCUT2D eigenvalue weighted by Gasteiger charge is -2.23. The molecule has 0 bridgehead atoms. The first-order valence-corrected chi connectivity index (χ1v) is 4.99. The van der Waals surface area contributed by atoms with Crippen LogP contribution in [0.25, 0.3) is 0 Å². The second-order valence-corrected chi connectivity index (χ2v) is 4.59. The summed E-state index contributed by atoms with van der Waals surface area (Å²) in [4.78, 5) is 22.0. The van der Waals surface area contributed by atoms with Gasteiger partial charge in [0.25, 0.3) is 0 Å². The number of carbonyl (C=O) groups is 2. The van der Waals surface area contributed by atoms with Gasteiger partial charge in [0.2, 0.25) is 0 Å². The Bertz CT molecular complexity index is 258. The first kappa shape index (κ1) is 14.9. The van der Waals surface area contributed by atoms with E-state index in [1.807, 2.05) is 0 Å². The minimum atomic E-state index is -1.21. The van der Waals surface area contributed by atoms with Crippen LogP contribution < -0.4 is 5.73 Å². The van der Waals surface area contributed by atoms with Crippen LogP contribution in [0.2, 0.25) is 0 Å². The quantitative estimate of drug-likeness (QED) is 0.564. The van der Waals surface area contributed by atoms with Gasteiger partial charge in [0, 0.05) is 0 Å². The fraction of sp³-hybridized carbons (Fsp3) is 0.800. The van der Waals surface area contributed by atoms with Gasteiger partial charge in [-0.2, -0.15) is 0 Å². The molecule has 1 unspecified atom stereocenters. The molecule has 0 amide bonds. The van der Waals surface area contributed by atoms with Crippen LogP contribution in [0.1, 0.15) is 27.2 Å². The molecule has 0 spiro atoms. The van der Waals surface area contributed by atoms with Crippen molar-refractivity contribution >= 4 is 11.9 Å². The van der Waals surface area contributed by atoms with E-state index in [9.17, 15) is 9.59 Å². The monoisotopic (exact) mass is 233 g/mol. The topological polar surface area (TPSA) is 110 Å². The maximum Gasteiger partial charge on any atom is 0.320 e. The molecular weight excluding hydrogens is 214 g/mol. The maximum absolute atomic E-state index is 11.5. The number of carboxylic acids is 1. The molecule has 2 atom stereocenters. The van der Waals surface area contributed by atoms with Crippen LogP contribution in [-0.2, 0) is 14.3 Å². The number of hydrogen-bond donors (Lipinski definition) is 3. The number of ether oxygens (including phenoxy) is 1. The third-order valence-electron chi connectivity index (χ3n) is 1.82. The number of aliphatic hydroxyl groups excluding tert-OH is 1. The van der Waals surface area contributed by atoms with Crippen molar-refractivity contribution in [3.05, 3.63) is 0 Å². The number of carbonyl (C=O) groups excluding carboxylic acids is 1. The largest absolute Gasteiger partial charge is 0.480 e. The number of nitrogens with two attached hydrogens (primary N) is 1. The highest BCUT2D eigenvalue weighted by Crippen LogP contribution is 2.14. The lowest BCUT2D eigenvalue weighted by Crippen LogP contribution is -2.38. The zero-order valence-corrected chi connectivity index (χ0v) is 9.77. The Kier molecular flexibility index (Phi) is 5.40. The Morgan fingerprint density at radius 1 is 1.38 bits per heavy atom. The fourth-order valence-electron chi connectivity index (χ4n) is 1.04. The van der Waals surface area contributed by atoms with Gasteiger partial charge >= 0.3 is 11.9 Å². The smallest absolute Gasteiger partial charge is 0.320 e. The molecule has 0 radical (unpaired) electrons. The predicted octanol–water partition coefficient (Wildman–Crippen LogP) is -0.261. The molecule has 6 nitrogen and oxygen atoms in total. The molecule has 0 aliphatic rings. The van der Waals surface area contributed by atoms with E-state index in [1.165, 1.54) is 0 Å². The molecule has 0 fully saturated rings. The summed E-state index contributed by atoms with van der Waals surface area (Å²) < 4.78 is 5.02. The van der Waals surface area contributed by atoms with Gasteiger partial charge in [-0.05, 0) is 27.2 Å². The number of rotatable bonds is 5. The van der Waals surface area contributed by atoms with Crippen molar-refractivity contribution in [3.8, 4) is 0 Å². The Hall–Kier alpha value is -1.14. The second kappa shape index (κ2) is 5.81. The molecule has 0 saturated carbocycles. The maximum atomic E-state index is 11.5. The Labute approximate surface area is 94.4 Å². The summed E-state index contributed by atoms with van der Waals surface area (Å²) in [5.41, 5.74) is 4.61. The summed E-state index contributed by atoms with van der Waals surface area (Å²) >= 11 is 0. The van der Waals surface area contributed by atoms with E-state index in [0.717, 1.165) is 0 Å². The molecule has 16 heavy (non-hydrogen) atoms.